The summed E-state index contributed by atoms with van der Waals surface area (Å²) in [5, 5.41) is 7.37. The Morgan fingerprint density at radius 3 is 3.11 bits per heavy atom. The van der Waals surface area contributed by atoms with Gasteiger partial charge in [-0.25, -0.2) is 0 Å². The molecule has 0 spiro atoms. The molecule has 100 valence electrons. The van der Waals surface area contributed by atoms with Gasteiger partial charge in [-0.15, -0.1) is 0 Å². The number of hydrogen-bond acceptors (Lipinski definition) is 6. The van der Waals surface area contributed by atoms with E-state index in [1.54, 1.807) is 6.20 Å². The Morgan fingerprint density at radius 1 is 1.37 bits per heavy atom. The topological polar surface area (TPSA) is 73.1 Å². The number of hydrogen-bond donors (Lipinski definition) is 1. The smallest absolute Gasteiger partial charge is 0.234 e. The van der Waals surface area contributed by atoms with Gasteiger partial charge in [0.05, 0.1) is 19.1 Å². The van der Waals surface area contributed by atoms with Crippen molar-refractivity contribution in [3.63, 3.8) is 0 Å². The Bertz CT molecular complexity index is 528. The van der Waals surface area contributed by atoms with Gasteiger partial charge in [0.25, 0.3) is 0 Å². The zero-order chi connectivity index (χ0) is 13.1. The van der Waals surface area contributed by atoms with E-state index in [0.717, 1.165) is 12.2 Å². The van der Waals surface area contributed by atoms with E-state index in [4.69, 9.17) is 9.26 Å². The van der Waals surface area contributed by atoms with Crippen LogP contribution in [0.25, 0.3) is 11.5 Å². The molecule has 1 fully saturated rings. The minimum absolute atomic E-state index is 0.116. The van der Waals surface area contributed by atoms with Crippen molar-refractivity contribution in [1.29, 1.82) is 0 Å². The minimum atomic E-state index is 0.116. The lowest BCUT2D eigenvalue weighted by molar-refractivity contribution is 0.185. The first kappa shape index (κ1) is 12.3. The second-order valence-electron chi connectivity index (χ2n) is 4.48. The number of pyridine rings is 1. The quantitative estimate of drug-likeness (QED) is 0.891. The van der Waals surface area contributed by atoms with Crippen molar-refractivity contribution in [2.75, 3.05) is 19.8 Å². The van der Waals surface area contributed by atoms with Crippen LogP contribution in [0, 0.1) is 0 Å². The van der Waals surface area contributed by atoms with Gasteiger partial charge in [-0.3, -0.25) is 4.98 Å². The third kappa shape index (κ3) is 2.50. The summed E-state index contributed by atoms with van der Waals surface area (Å²) in [6, 6.07) is 5.86. The van der Waals surface area contributed by atoms with Gasteiger partial charge >= 0.3 is 0 Å². The largest absolute Gasteiger partial charge is 0.379 e. The van der Waals surface area contributed by atoms with E-state index in [0.29, 0.717) is 24.9 Å². The Morgan fingerprint density at radius 2 is 2.32 bits per heavy atom. The molecule has 0 aromatic carbocycles. The summed E-state index contributed by atoms with van der Waals surface area (Å²) in [5.41, 5.74) is 0.719. The molecule has 2 aromatic heterocycles. The van der Waals surface area contributed by atoms with Gasteiger partial charge in [-0.1, -0.05) is 18.1 Å². The van der Waals surface area contributed by atoms with Crippen molar-refractivity contribution in [2.24, 2.45) is 0 Å². The van der Waals surface area contributed by atoms with E-state index < -0.39 is 0 Å². The van der Waals surface area contributed by atoms with Crippen molar-refractivity contribution >= 4 is 0 Å². The lowest BCUT2D eigenvalue weighted by atomic mass is 10.0. The third-order valence-corrected chi connectivity index (χ3v) is 3.20. The van der Waals surface area contributed by atoms with Crippen LogP contribution in [0.5, 0.6) is 0 Å². The Hall–Kier alpha value is -1.79. The highest BCUT2D eigenvalue weighted by molar-refractivity contribution is 5.47. The first-order valence-corrected chi connectivity index (χ1v) is 6.44. The summed E-state index contributed by atoms with van der Waals surface area (Å²) in [7, 11) is 0. The third-order valence-electron chi connectivity index (χ3n) is 3.20. The molecule has 6 nitrogen and oxygen atoms in total. The number of ether oxygens (including phenoxy) is 1. The molecular weight excluding hydrogens is 244 g/mol. The number of nitrogens with zero attached hydrogens (tertiary/aromatic N) is 3. The van der Waals surface area contributed by atoms with Gasteiger partial charge in [0.15, 0.2) is 0 Å². The van der Waals surface area contributed by atoms with Gasteiger partial charge < -0.3 is 14.6 Å². The predicted molar refractivity (Wildman–Crippen MR) is 68.6 cm³/mol. The van der Waals surface area contributed by atoms with Crippen molar-refractivity contribution in [3.05, 3.63) is 30.3 Å². The maximum Gasteiger partial charge on any atom is 0.234 e. The zero-order valence-electron chi connectivity index (χ0n) is 10.7. The summed E-state index contributed by atoms with van der Waals surface area (Å²) in [6.07, 6.45) is 1.71. The van der Waals surface area contributed by atoms with Crippen LogP contribution >= 0.6 is 0 Å². The van der Waals surface area contributed by atoms with Crippen LogP contribution in [0.2, 0.25) is 0 Å². The molecule has 6 heteroatoms. The van der Waals surface area contributed by atoms with Crippen molar-refractivity contribution in [2.45, 2.75) is 18.9 Å². The Balaban J connectivity index is 1.81. The molecule has 0 saturated carbocycles. The first-order chi connectivity index (χ1) is 9.38. The van der Waals surface area contributed by atoms with E-state index in [1.165, 1.54) is 0 Å². The molecule has 19 heavy (non-hydrogen) atoms. The highest BCUT2D eigenvalue weighted by Crippen LogP contribution is 2.26. The van der Waals surface area contributed by atoms with Crippen LogP contribution in [-0.2, 0) is 4.74 Å². The second kappa shape index (κ2) is 5.46. The van der Waals surface area contributed by atoms with Crippen molar-refractivity contribution in [1.82, 2.24) is 20.4 Å². The maximum atomic E-state index is 5.49. The van der Waals surface area contributed by atoms with E-state index in [2.05, 4.69) is 27.4 Å². The molecule has 3 heterocycles. The van der Waals surface area contributed by atoms with Crippen LogP contribution in [-0.4, -0.2) is 40.9 Å². The van der Waals surface area contributed by atoms with E-state index in [1.807, 2.05) is 18.2 Å². The van der Waals surface area contributed by atoms with E-state index in [-0.39, 0.29) is 12.0 Å². The van der Waals surface area contributed by atoms with Gasteiger partial charge in [-0.2, -0.15) is 4.98 Å². The van der Waals surface area contributed by atoms with Crippen LogP contribution < -0.4 is 5.32 Å². The van der Waals surface area contributed by atoms with Gasteiger partial charge in [0.1, 0.15) is 5.69 Å². The van der Waals surface area contributed by atoms with E-state index >= 15 is 0 Å². The van der Waals surface area contributed by atoms with Crippen LogP contribution in [0.4, 0.5) is 0 Å². The van der Waals surface area contributed by atoms with Crippen molar-refractivity contribution in [3.8, 4) is 11.5 Å². The zero-order valence-corrected chi connectivity index (χ0v) is 10.7. The summed E-state index contributed by atoms with van der Waals surface area (Å²) in [4.78, 5) is 8.65. The fourth-order valence-corrected chi connectivity index (χ4v) is 2.25. The lowest BCUT2D eigenvalue weighted by Crippen LogP contribution is -2.34. The molecule has 2 aromatic rings. The fourth-order valence-electron chi connectivity index (χ4n) is 2.25. The number of nitrogens with one attached hydrogen (secondary N) is 1. The fraction of sp³-hybridized carbons (Fsp3) is 0.462. The number of aromatic nitrogens is 3. The molecule has 1 aliphatic heterocycles. The molecule has 1 aliphatic rings. The molecule has 0 aliphatic carbocycles. The summed E-state index contributed by atoms with van der Waals surface area (Å²) in [5.74, 6) is 1.26. The van der Waals surface area contributed by atoms with Crippen LogP contribution in [0.1, 0.15) is 18.7 Å². The molecule has 0 radical (unpaired) electrons. The van der Waals surface area contributed by atoms with Crippen molar-refractivity contribution < 1.29 is 9.26 Å². The molecule has 1 saturated heterocycles. The molecule has 3 rings (SSSR count). The SMILES string of the molecule is CCNC1COCC1c1nc(-c2ccccn2)no1. The second-order valence-corrected chi connectivity index (χ2v) is 4.48. The summed E-state index contributed by atoms with van der Waals surface area (Å²) < 4.78 is 10.8. The van der Waals surface area contributed by atoms with Gasteiger partial charge in [-0.05, 0) is 18.7 Å². The Kier molecular flexibility index (Phi) is 3.52. The van der Waals surface area contributed by atoms with Gasteiger partial charge in [0.2, 0.25) is 11.7 Å². The maximum absolute atomic E-state index is 5.49. The molecule has 0 amide bonds. The molecule has 1 N–H and O–H groups in total. The number of likely N-dealkylation sites (N-methyl/N-ethyl adjacent to an activating group) is 1. The van der Waals surface area contributed by atoms with Crippen LogP contribution in [0.3, 0.4) is 0 Å². The van der Waals surface area contributed by atoms with Crippen LogP contribution in [0.15, 0.2) is 28.9 Å². The highest BCUT2D eigenvalue weighted by Gasteiger charge is 2.33. The van der Waals surface area contributed by atoms with Gasteiger partial charge in [0, 0.05) is 12.2 Å². The molecular formula is C13H16N4O2. The Labute approximate surface area is 111 Å². The molecule has 2 unspecified atom stereocenters. The molecule has 0 bridgehead atoms. The predicted octanol–water partition coefficient (Wildman–Crippen LogP) is 1.22. The normalized spacial score (nSPS) is 22.8. The lowest BCUT2D eigenvalue weighted by Gasteiger charge is -2.13. The molecule has 2 atom stereocenters. The minimum Gasteiger partial charge on any atom is -0.379 e. The average Bonchev–Trinajstić information content (AvgIpc) is 3.08. The summed E-state index contributed by atoms with van der Waals surface area (Å²) in [6.45, 7) is 4.26. The summed E-state index contributed by atoms with van der Waals surface area (Å²) >= 11 is 0. The van der Waals surface area contributed by atoms with E-state index in [9.17, 15) is 0 Å². The number of rotatable bonds is 4. The average molecular weight is 260 g/mol. The highest BCUT2D eigenvalue weighted by atomic mass is 16.5. The first-order valence-electron chi connectivity index (χ1n) is 6.44. The monoisotopic (exact) mass is 260 g/mol. The standard InChI is InChI=1S/C13H16N4O2/c1-2-14-11-8-18-7-9(11)13-16-12(17-19-13)10-5-3-4-6-15-10/h3-6,9,11,14H,2,7-8H2,1H3.